The van der Waals surface area contributed by atoms with Gasteiger partial charge < -0.3 is 10.1 Å². The number of ether oxygens (including phenoxy) is 1. The van der Waals surface area contributed by atoms with Gasteiger partial charge in [-0.15, -0.1) is 13.2 Å². The van der Waals surface area contributed by atoms with E-state index in [1.807, 2.05) is 0 Å². The van der Waals surface area contributed by atoms with Crippen LogP contribution in [0, 0.1) is 0 Å². The normalized spacial score (nSPS) is 11.2. The second-order valence-corrected chi connectivity index (χ2v) is 3.78. The average Bonchev–Trinajstić information content (AvgIpc) is 2.89. The number of imidazole rings is 1. The lowest BCUT2D eigenvalue weighted by Crippen LogP contribution is -2.27. The number of halogens is 3. The molecule has 2 aromatic rings. The zero-order valence-corrected chi connectivity index (χ0v) is 10.1. The molecular weight excluding hydrogens is 275 g/mol. The second-order valence-electron chi connectivity index (χ2n) is 3.78. The monoisotopic (exact) mass is 285 g/mol. The minimum atomic E-state index is -4.77. The van der Waals surface area contributed by atoms with E-state index in [2.05, 4.69) is 15.0 Å². The van der Waals surface area contributed by atoms with Crippen molar-refractivity contribution in [1.29, 1.82) is 0 Å². The van der Waals surface area contributed by atoms with Crippen LogP contribution in [0.4, 0.5) is 18.0 Å². The van der Waals surface area contributed by atoms with Gasteiger partial charge in [0.25, 0.3) is 0 Å². The Hall–Kier alpha value is -2.51. The van der Waals surface area contributed by atoms with Crippen molar-refractivity contribution in [3.8, 4) is 5.75 Å². The van der Waals surface area contributed by atoms with Gasteiger partial charge in [-0.25, -0.2) is 9.78 Å². The van der Waals surface area contributed by atoms with Crippen LogP contribution in [-0.4, -0.2) is 21.9 Å². The number of aromatic nitrogens is 2. The molecule has 0 atom stereocenters. The quantitative estimate of drug-likeness (QED) is 0.942. The van der Waals surface area contributed by atoms with Gasteiger partial charge in [0.1, 0.15) is 12.1 Å². The fraction of sp³-hybridized carbons (Fsp3) is 0.167. The smallest absolute Gasteiger partial charge is 0.405 e. The number of carbonyl (C=O) groups excluding carboxylic acids is 1. The minimum Gasteiger partial charge on any atom is -0.405 e. The highest BCUT2D eigenvalue weighted by molar-refractivity contribution is 5.76. The number of benzene rings is 1. The number of hydrogen-bond donors (Lipinski definition) is 1. The van der Waals surface area contributed by atoms with Crippen LogP contribution in [-0.2, 0) is 6.54 Å². The summed E-state index contributed by atoms with van der Waals surface area (Å²) in [6.45, 7) is -0.0940. The molecule has 0 fully saturated rings. The fourth-order valence-corrected chi connectivity index (χ4v) is 1.52. The summed E-state index contributed by atoms with van der Waals surface area (Å²) >= 11 is 0. The summed E-state index contributed by atoms with van der Waals surface area (Å²) in [5, 5.41) is 2.46. The molecule has 106 valence electrons. The van der Waals surface area contributed by atoms with E-state index in [1.165, 1.54) is 41.5 Å². The van der Waals surface area contributed by atoms with Gasteiger partial charge in [-0.2, -0.15) is 0 Å². The summed E-state index contributed by atoms with van der Waals surface area (Å²) in [6.07, 6.45) is -0.647. The van der Waals surface area contributed by atoms with Crippen molar-refractivity contribution < 1.29 is 22.7 Å². The lowest BCUT2D eigenvalue weighted by Gasteiger charge is -2.13. The molecule has 1 aromatic carbocycles. The maximum atomic E-state index is 12.2. The van der Waals surface area contributed by atoms with Crippen molar-refractivity contribution in [2.45, 2.75) is 12.9 Å². The van der Waals surface area contributed by atoms with E-state index in [1.54, 1.807) is 6.07 Å². The van der Waals surface area contributed by atoms with Crippen molar-refractivity contribution in [1.82, 2.24) is 14.9 Å². The molecule has 0 saturated heterocycles. The van der Waals surface area contributed by atoms with E-state index >= 15 is 0 Å². The number of para-hydroxylation sites is 1. The number of nitrogens with one attached hydrogen (secondary N) is 1. The van der Waals surface area contributed by atoms with Gasteiger partial charge >= 0.3 is 12.4 Å². The second kappa shape index (κ2) is 5.64. The average molecular weight is 285 g/mol. The number of carbonyl (C=O) groups is 1. The van der Waals surface area contributed by atoms with E-state index in [9.17, 15) is 18.0 Å². The van der Waals surface area contributed by atoms with Gasteiger partial charge in [0.15, 0.2) is 0 Å². The lowest BCUT2D eigenvalue weighted by molar-refractivity contribution is -0.274. The number of alkyl halides is 3. The summed E-state index contributed by atoms with van der Waals surface area (Å²) < 4.78 is 41.7. The third-order valence-electron chi connectivity index (χ3n) is 2.37. The molecule has 1 heterocycles. The van der Waals surface area contributed by atoms with E-state index in [4.69, 9.17) is 0 Å². The molecule has 0 aliphatic carbocycles. The Balaban J connectivity index is 2.04. The predicted molar refractivity (Wildman–Crippen MR) is 63.0 cm³/mol. The SMILES string of the molecule is O=C(NCc1ccccc1OC(F)(F)F)n1ccnc1. The van der Waals surface area contributed by atoms with Crippen LogP contribution in [0.15, 0.2) is 43.0 Å². The number of hydrogen-bond acceptors (Lipinski definition) is 3. The Morgan fingerprint density at radius 2 is 2.10 bits per heavy atom. The Morgan fingerprint density at radius 3 is 2.75 bits per heavy atom. The van der Waals surface area contributed by atoms with Crippen molar-refractivity contribution in [3.63, 3.8) is 0 Å². The zero-order valence-electron chi connectivity index (χ0n) is 10.1. The van der Waals surface area contributed by atoms with Gasteiger partial charge in [0, 0.05) is 24.5 Å². The Morgan fingerprint density at radius 1 is 1.35 bits per heavy atom. The maximum Gasteiger partial charge on any atom is 0.573 e. The molecule has 0 unspecified atom stereocenters. The Bertz CT molecular complexity index is 582. The van der Waals surface area contributed by atoms with Gasteiger partial charge in [0.05, 0.1) is 0 Å². The van der Waals surface area contributed by atoms with Crippen molar-refractivity contribution >= 4 is 6.03 Å². The summed E-state index contributed by atoms with van der Waals surface area (Å²) in [5.74, 6) is -0.342. The first kappa shape index (κ1) is 13.9. The molecular formula is C12H10F3N3O2. The minimum absolute atomic E-state index is 0.0940. The third kappa shape index (κ3) is 3.74. The van der Waals surface area contributed by atoms with Gasteiger partial charge in [-0.1, -0.05) is 18.2 Å². The first-order valence-corrected chi connectivity index (χ1v) is 5.55. The van der Waals surface area contributed by atoms with Crippen molar-refractivity contribution in [3.05, 3.63) is 48.5 Å². The molecule has 0 bridgehead atoms. The van der Waals surface area contributed by atoms with E-state index in [-0.39, 0.29) is 17.9 Å². The number of nitrogens with zero attached hydrogens (tertiary/aromatic N) is 2. The van der Waals surface area contributed by atoms with E-state index < -0.39 is 12.4 Å². The molecule has 0 aliphatic heterocycles. The largest absolute Gasteiger partial charge is 0.573 e. The highest BCUT2D eigenvalue weighted by Gasteiger charge is 2.31. The predicted octanol–water partition coefficient (Wildman–Crippen LogP) is 2.54. The van der Waals surface area contributed by atoms with Gasteiger partial charge in [0.2, 0.25) is 0 Å². The highest BCUT2D eigenvalue weighted by atomic mass is 19.4. The molecule has 0 aliphatic rings. The van der Waals surface area contributed by atoms with E-state index in [0.29, 0.717) is 0 Å². The Kier molecular flexibility index (Phi) is 3.92. The molecule has 1 aromatic heterocycles. The summed E-state index contributed by atoms with van der Waals surface area (Å²) in [5.41, 5.74) is 0.221. The highest BCUT2D eigenvalue weighted by Crippen LogP contribution is 2.25. The number of amides is 1. The first-order chi connectivity index (χ1) is 9.46. The van der Waals surface area contributed by atoms with Crippen LogP contribution < -0.4 is 10.1 Å². The van der Waals surface area contributed by atoms with Crippen LogP contribution >= 0.6 is 0 Å². The van der Waals surface area contributed by atoms with E-state index in [0.717, 1.165) is 0 Å². The van der Waals surface area contributed by atoms with Crippen molar-refractivity contribution in [2.24, 2.45) is 0 Å². The van der Waals surface area contributed by atoms with Gasteiger partial charge in [-0.3, -0.25) is 4.57 Å². The molecule has 20 heavy (non-hydrogen) atoms. The van der Waals surface area contributed by atoms with Gasteiger partial charge in [-0.05, 0) is 6.07 Å². The van der Waals surface area contributed by atoms with Crippen LogP contribution in [0.1, 0.15) is 5.56 Å². The maximum absolute atomic E-state index is 12.2. The molecule has 8 heteroatoms. The molecule has 2 rings (SSSR count). The summed E-state index contributed by atoms with van der Waals surface area (Å²) in [7, 11) is 0. The topological polar surface area (TPSA) is 56.1 Å². The van der Waals surface area contributed by atoms with Crippen LogP contribution in [0.2, 0.25) is 0 Å². The molecule has 1 amide bonds. The standard InChI is InChI=1S/C12H10F3N3O2/c13-12(14,15)20-10-4-2-1-3-9(10)7-17-11(19)18-6-5-16-8-18/h1-6,8H,7H2,(H,17,19). The van der Waals surface area contributed by atoms with Crippen LogP contribution in [0.25, 0.3) is 0 Å². The summed E-state index contributed by atoms with van der Waals surface area (Å²) in [6, 6.07) is 5.11. The van der Waals surface area contributed by atoms with Crippen LogP contribution in [0.3, 0.4) is 0 Å². The summed E-state index contributed by atoms with van der Waals surface area (Å²) in [4.78, 5) is 15.3. The lowest BCUT2D eigenvalue weighted by atomic mass is 10.2. The molecule has 0 saturated carbocycles. The molecule has 0 spiro atoms. The zero-order chi connectivity index (χ0) is 14.6. The number of rotatable bonds is 3. The third-order valence-corrected chi connectivity index (χ3v) is 2.37. The van der Waals surface area contributed by atoms with Crippen molar-refractivity contribution in [2.75, 3.05) is 0 Å². The molecule has 1 N–H and O–H groups in total. The molecule has 5 nitrogen and oxygen atoms in total. The fourth-order valence-electron chi connectivity index (χ4n) is 1.52. The Labute approximate surface area is 112 Å². The molecule has 0 radical (unpaired) electrons. The van der Waals surface area contributed by atoms with Crippen LogP contribution in [0.5, 0.6) is 5.75 Å². The first-order valence-electron chi connectivity index (χ1n) is 5.55.